The highest BCUT2D eigenvalue weighted by Gasteiger charge is 2.28. The minimum absolute atomic E-state index is 0.330. The molecule has 0 saturated carbocycles. The van der Waals surface area contributed by atoms with Gasteiger partial charge in [-0.3, -0.25) is 4.98 Å². The third-order valence-corrected chi connectivity index (χ3v) is 5.35. The number of piperidine rings is 1. The van der Waals surface area contributed by atoms with E-state index in [1.807, 2.05) is 53.5 Å². The summed E-state index contributed by atoms with van der Waals surface area (Å²) in [6.07, 6.45) is 9.83. The Hall–Kier alpha value is -3.55. The average molecular weight is 386 g/mol. The molecule has 0 radical (unpaired) electrons. The van der Waals surface area contributed by atoms with Gasteiger partial charge in [0.15, 0.2) is 0 Å². The van der Waals surface area contributed by atoms with Crippen LogP contribution in [0.3, 0.4) is 0 Å². The van der Waals surface area contributed by atoms with E-state index >= 15 is 0 Å². The van der Waals surface area contributed by atoms with E-state index in [0.717, 1.165) is 49.9 Å². The second kappa shape index (κ2) is 7.83. The molecule has 5 rings (SSSR count). The summed E-state index contributed by atoms with van der Waals surface area (Å²) in [6, 6.07) is 14.1. The van der Waals surface area contributed by atoms with Gasteiger partial charge < -0.3 is 9.47 Å². The molecule has 0 unspecified atom stereocenters. The summed E-state index contributed by atoms with van der Waals surface area (Å²) >= 11 is 0. The zero-order chi connectivity index (χ0) is 19.5. The molecular formula is C21H22N8. The van der Waals surface area contributed by atoms with Gasteiger partial charge >= 0.3 is 0 Å². The molecule has 4 heterocycles. The number of hydrogen-bond acceptors (Lipinski definition) is 6. The highest BCUT2D eigenvalue weighted by molar-refractivity contribution is 5.41. The number of hydrogen-bond donors (Lipinski definition) is 0. The van der Waals surface area contributed by atoms with E-state index in [0.29, 0.717) is 5.92 Å². The van der Waals surface area contributed by atoms with Crippen LogP contribution in [0.2, 0.25) is 0 Å². The number of benzene rings is 1. The summed E-state index contributed by atoms with van der Waals surface area (Å²) in [6.45, 7) is 2.56. The summed E-state index contributed by atoms with van der Waals surface area (Å²) in [7, 11) is 0. The Bertz CT molecular complexity index is 1060. The van der Waals surface area contributed by atoms with Crippen molar-refractivity contribution in [3.63, 3.8) is 0 Å². The molecular weight excluding hydrogens is 364 g/mol. The fourth-order valence-electron chi connectivity index (χ4n) is 3.99. The van der Waals surface area contributed by atoms with E-state index in [9.17, 15) is 0 Å². The zero-order valence-corrected chi connectivity index (χ0v) is 16.0. The number of tetrazole rings is 1. The molecule has 1 aliphatic heterocycles. The number of anilines is 1. The quantitative estimate of drug-likeness (QED) is 0.525. The Morgan fingerprint density at radius 1 is 1.03 bits per heavy atom. The molecule has 1 aromatic carbocycles. The predicted molar refractivity (Wildman–Crippen MR) is 109 cm³/mol. The summed E-state index contributed by atoms with van der Waals surface area (Å²) in [4.78, 5) is 11.2. The van der Waals surface area contributed by atoms with Crippen LogP contribution in [0.15, 0.2) is 67.3 Å². The van der Waals surface area contributed by atoms with E-state index in [1.54, 1.807) is 6.20 Å². The van der Waals surface area contributed by atoms with Crippen LogP contribution >= 0.6 is 0 Å². The Morgan fingerprint density at radius 2 is 1.97 bits per heavy atom. The molecule has 0 N–H and O–H groups in total. The number of aromatic nitrogens is 7. The molecule has 1 aliphatic rings. The molecule has 1 atom stereocenters. The van der Waals surface area contributed by atoms with Gasteiger partial charge in [0, 0.05) is 43.8 Å². The van der Waals surface area contributed by atoms with Crippen molar-refractivity contribution in [2.45, 2.75) is 25.3 Å². The SMILES string of the molecule is c1ccc(-n2nnnc2N2CCC[C@@H](c3nccn3Cc3cccnc3)C2)cc1. The van der Waals surface area contributed by atoms with Gasteiger partial charge in [0.05, 0.1) is 12.2 Å². The van der Waals surface area contributed by atoms with Gasteiger partial charge in [-0.15, -0.1) is 0 Å². The maximum absolute atomic E-state index is 4.69. The van der Waals surface area contributed by atoms with Gasteiger partial charge in [-0.25, -0.2) is 4.98 Å². The summed E-state index contributed by atoms with van der Waals surface area (Å²) in [5.41, 5.74) is 2.14. The Morgan fingerprint density at radius 3 is 2.83 bits per heavy atom. The van der Waals surface area contributed by atoms with Crippen molar-refractivity contribution in [2.75, 3.05) is 18.0 Å². The minimum Gasteiger partial charge on any atom is -0.339 e. The molecule has 4 aromatic rings. The fourth-order valence-corrected chi connectivity index (χ4v) is 3.99. The maximum atomic E-state index is 4.69. The van der Waals surface area contributed by atoms with Gasteiger partial charge in [0.1, 0.15) is 5.82 Å². The monoisotopic (exact) mass is 386 g/mol. The number of rotatable bonds is 5. The second-order valence-corrected chi connectivity index (χ2v) is 7.29. The molecule has 0 amide bonds. The number of nitrogens with zero attached hydrogens (tertiary/aromatic N) is 8. The molecule has 0 aliphatic carbocycles. The molecule has 8 nitrogen and oxygen atoms in total. The Labute approximate surface area is 168 Å². The first-order valence-electron chi connectivity index (χ1n) is 9.87. The van der Waals surface area contributed by atoms with Crippen molar-refractivity contribution < 1.29 is 0 Å². The lowest BCUT2D eigenvalue weighted by atomic mass is 9.97. The van der Waals surface area contributed by atoms with Gasteiger partial charge in [-0.1, -0.05) is 29.4 Å². The van der Waals surface area contributed by atoms with Crippen molar-refractivity contribution in [2.24, 2.45) is 0 Å². The maximum Gasteiger partial charge on any atom is 0.250 e. The van der Waals surface area contributed by atoms with Crippen molar-refractivity contribution in [3.05, 3.63) is 78.6 Å². The van der Waals surface area contributed by atoms with Crippen molar-refractivity contribution in [3.8, 4) is 5.69 Å². The summed E-state index contributed by atoms with van der Waals surface area (Å²) in [5.74, 6) is 2.22. The molecule has 0 spiro atoms. The number of para-hydroxylation sites is 1. The van der Waals surface area contributed by atoms with Gasteiger partial charge in [0.2, 0.25) is 5.95 Å². The van der Waals surface area contributed by atoms with Gasteiger partial charge in [-0.2, -0.15) is 4.68 Å². The summed E-state index contributed by atoms with van der Waals surface area (Å²) < 4.78 is 4.04. The van der Waals surface area contributed by atoms with Crippen molar-refractivity contribution in [1.82, 2.24) is 34.7 Å². The van der Waals surface area contributed by atoms with Crippen LogP contribution in [0.4, 0.5) is 5.95 Å². The first-order chi connectivity index (χ1) is 14.4. The van der Waals surface area contributed by atoms with Crippen LogP contribution in [0.1, 0.15) is 30.1 Å². The number of pyridine rings is 1. The van der Waals surface area contributed by atoms with Gasteiger partial charge in [-0.05, 0) is 47.0 Å². The fraction of sp³-hybridized carbons (Fsp3) is 0.286. The first-order valence-corrected chi connectivity index (χ1v) is 9.87. The van der Waals surface area contributed by atoms with Crippen molar-refractivity contribution in [1.29, 1.82) is 0 Å². The predicted octanol–water partition coefficient (Wildman–Crippen LogP) is 2.69. The topological polar surface area (TPSA) is 77.5 Å². The Balaban J connectivity index is 1.38. The zero-order valence-electron chi connectivity index (χ0n) is 16.0. The molecule has 29 heavy (non-hydrogen) atoms. The Kier molecular flexibility index (Phi) is 4.73. The highest BCUT2D eigenvalue weighted by atomic mass is 15.6. The molecule has 1 fully saturated rings. The van der Waals surface area contributed by atoms with E-state index in [2.05, 4.69) is 47.2 Å². The lowest BCUT2D eigenvalue weighted by Crippen LogP contribution is -2.37. The normalized spacial score (nSPS) is 16.8. The second-order valence-electron chi connectivity index (χ2n) is 7.29. The molecule has 0 bridgehead atoms. The van der Waals surface area contributed by atoms with E-state index in [-0.39, 0.29) is 0 Å². The van der Waals surface area contributed by atoms with Crippen LogP contribution in [-0.2, 0) is 6.54 Å². The highest BCUT2D eigenvalue weighted by Crippen LogP contribution is 2.29. The van der Waals surface area contributed by atoms with Crippen molar-refractivity contribution >= 4 is 5.95 Å². The van der Waals surface area contributed by atoms with E-state index in [1.165, 1.54) is 5.56 Å². The third-order valence-electron chi connectivity index (χ3n) is 5.35. The average Bonchev–Trinajstić information content (AvgIpc) is 3.45. The third kappa shape index (κ3) is 3.61. The van der Waals surface area contributed by atoms with Crippen LogP contribution < -0.4 is 4.90 Å². The first kappa shape index (κ1) is 17.5. The van der Waals surface area contributed by atoms with Gasteiger partial charge in [0.25, 0.3) is 0 Å². The molecule has 8 heteroatoms. The lowest BCUT2D eigenvalue weighted by molar-refractivity contribution is 0.469. The molecule has 3 aromatic heterocycles. The molecule has 1 saturated heterocycles. The van der Waals surface area contributed by atoms with E-state index < -0.39 is 0 Å². The largest absolute Gasteiger partial charge is 0.339 e. The van der Waals surface area contributed by atoms with Crippen LogP contribution in [0, 0.1) is 0 Å². The van der Waals surface area contributed by atoms with Crippen LogP contribution in [0.25, 0.3) is 5.69 Å². The van der Waals surface area contributed by atoms with Crippen LogP contribution in [0.5, 0.6) is 0 Å². The van der Waals surface area contributed by atoms with E-state index in [4.69, 9.17) is 0 Å². The van der Waals surface area contributed by atoms with Crippen LogP contribution in [-0.4, -0.2) is 47.8 Å². The standard InChI is InChI=1S/C21H22N8/c1-2-8-19(9-3-1)29-21(24-25-26-29)28-12-5-7-18(16-28)20-23-11-13-27(20)15-17-6-4-10-22-14-17/h1-4,6,8-11,13-14,18H,5,7,12,15-16H2/t18-/m1/s1. The smallest absolute Gasteiger partial charge is 0.250 e. The molecule has 146 valence electrons. The summed E-state index contributed by atoms with van der Waals surface area (Å²) in [5, 5.41) is 12.5. The number of imidazole rings is 1. The lowest BCUT2D eigenvalue weighted by Gasteiger charge is -2.32. The minimum atomic E-state index is 0.330.